The largest absolute Gasteiger partial charge is 0.442 e. The van der Waals surface area contributed by atoms with Gasteiger partial charge in [0.25, 0.3) is 17.3 Å². The van der Waals surface area contributed by atoms with Crippen LogP contribution in [0.25, 0.3) is 10.8 Å². The predicted molar refractivity (Wildman–Crippen MR) is 105 cm³/mol. The van der Waals surface area contributed by atoms with E-state index in [0.717, 1.165) is 6.07 Å². The van der Waals surface area contributed by atoms with Crippen LogP contribution in [0, 0.1) is 20.2 Å². The molecule has 0 radical (unpaired) electrons. The number of nitrogens with zero attached hydrogens (tertiary/aromatic N) is 2. The van der Waals surface area contributed by atoms with Gasteiger partial charge >= 0.3 is 17.7 Å². The van der Waals surface area contributed by atoms with Gasteiger partial charge in [0.2, 0.25) is 0 Å². The minimum atomic E-state index is -5.44. The Hall–Kier alpha value is -4.55. The number of esters is 1. The van der Waals surface area contributed by atoms with E-state index in [0.29, 0.717) is 23.6 Å². The molecule has 0 saturated heterocycles. The van der Waals surface area contributed by atoms with Gasteiger partial charge in [0.15, 0.2) is 0 Å². The summed E-state index contributed by atoms with van der Waals surface area (Å²) in [5, 5.41) is 25.0. The maximum absolute atomic E-state index is 14.3. The maximum Gasteiger partial charge on any atom is 0.442 e. The van der Waals surface area contributed by atoms with Crippen LogP contribution in [-0.2, 0) is 15.1 Å². The summed E-state index contributed by atoms with van der Waals surface area (Å²) >= 11 is 0. The number of non-ortho nitro benzene ring substituents is 2. The summed E-state index contributed by atoms with van der Waals surface area (Å²) in [4.78, 5) is 45.3. The van der Waals surface area contributed by atoms with Gasteiger partial charge in [-0.2, -0.15) is 13.2 Å². The fraction of sp³-hybridized carbons (Fsp3) is 0.100. The number of benzene rings is 3. The number of alkyl halides is 3. The lowest BCUT2D eigenvalue weighted by Gasteiger charge is -2.29. The molecule has 3 aromatic carbocycles. The molecular weight excluding hydrogens is 451 g/mol. The van der Waals surface area contributed by atoms with Gasteiger partial charge in [0.1, 0.15) is 0 Å². The molecule has 1 heterocycles. The number of anilines is 1. The molecule has 3 aromatic rings. The summed E-state index contributed by atoms with van der Waals surface area (Å²) in [5.74, 6) is -3.51. The number of amides is 1. The fourth-order valence-electron chi connectivity index (χ4n) is 3.59. The molecule has 10 nitrogen and oxygen atoms in total. The van der Waals surface area contributed by atoms with Crippen molar-refractivity contribution in [1.29, 1.82) is 0 Å². The first-order valence-electron chi connectivity index (χ1n) is 9.03. The van der Waals surface area contributed by atoms with E-state index >= 15 is 0 Å². The first-order chi connectivity index (χ1) is 15.5. The Kier molecular flexibility index (Phi) is 4.76. The molecule has 0 aromatic heterocycles. The topological polar surface area (TPSA) is 142 Å². The number of fused-ring (bicyclic) bond motifs is 3. The van der Waals surface area contributed by atoms with Gasteiger partial charge < -0.3 is 10.1 Å². The molecule has 0 aliphatic carbocycles. The Morgan fingerprint density at radius 2 is 1.58 bits per heavy atom. The maximum atomic E-state index is 14.3. The summed E-state index contributed by atoms with van der Waals surface area (Å²) in [6.45, 7) is 0. The van der Waals surface area contributed by atoms with E-state index in [9.17, 15) is 43.0 Å². The van der Waals surface area contributed by atoms with Crippen molar-refractivity contribution >= 4 is 39.7 Å². The van der Waals surface area contributed by atoms with Crippen molar-refractivity contribution in [3.63, 3.8) is 0 Å². The lowest BCUT2D eigenvalue weighted by Crippen LogP contribution is -2.51. The standard InChI is InChI=1S/C20H10F3N3O7/c21-20(22,23)19(15-6-5-10-3-1-2-4-14(10)16(15)24-18(19)28)33-17(27)11-7-12(25(29)30)9-13(8-11)26(31)32/h1-9H,(H,24,28)/t19-/m1/s1. The van der Waals surface area contributed by atoms with Crippen molar-refractivity contribution < 1.29 is 37.3 Å². The van der Waals surface area contributed by atoms with E-state index in [-0.39, 0.29) is 11.1 Å². The highest BCUT2D eigenvalue weighted by molar-refractivity contribution is 6.14. The van der Waals surface area contributed by atoms with Crippen molar-refractivity contribution in [3.05, 3.63) is 86.0 Å². The van der Waals surface area contributed by atoms with E-state index in [1.165, 1.54) is 18.2 Å². The van der Waals surface area contributed by atoms with E-state index < -0.39 is 56.0 Å². The van der Waals surface area contributed by atoms with Crippen molar-refractivity contribution in [2.24, 2.45) is 0 Å². The number of halogens is 3. The van der Waals surface area contributed by atoms with Gasteiger partial charge in [0, 0.05) is 23.1 Å². The zero-order valence-corrected chi connectivity index (χ0v) is 16.1. The predicted octanol–water partition coefficient (Wildman–Crippen LogP) is 4.22. The second kappa shape index (κ2) is 7.25. The monoisotopic (exact) mass is 461 g/mol. The fourth-order valence-corrected chi connectivity index (χ4v) is 3.59. The van der Waals surface area contributed by atoms with Crippen LogP contribution in [0.3, 0.4) is 0 Å². The van der Waals surface area contributed by atoms with Crippen LogP contribution in [0.1, 0.15) is 15.9 Å². The number of carbonyl (C=O) groups is 2. The summed E-state index contributed by atoms with van der Waals surface area (Å²) in [7, 11) is 0. The number of nitro benzene ring substituents is 2. The molecule has 0 spiro atoms. The van der Waals surface area contributed by atoms with Crippen LogP contribution in [0.2, 0.25) is 0 Å². The minimum absolute atomic E-state index is 0.215. The van der Waals surface area contributed by atoms with E-state index in [4.69, 9.17) is 0 Å². The molecular formula is C20H10F3N3O7. The molecule has 1 aliphatic rings. The van der Waals surface area contributed by atoms with Gasteiger partial charge in [0.05, 0.1) is 27.2 Å². The zero-order chi connectivity index (χ0) is 24.1. The summed E-state index contributed by atoms with van der Waals surface area (Å²) < 4.78 is 47.5. The molecule has 4 rings (SSSR count). The molecule has 1 amide bonds. The van der Waals surface area contributed by atoms with Crippen LogP contribution in [0.4, 0.5) is 30.2 Å². The molecule has 0 fully saturated rings. The lowest BCUT2D eigenvalue weighted by molar-refractivity contribution is -0.394. The van der Waals surface area contributed by atoms with Gasteiger partial charge in [-0.15, -0.1) is 0 Å². The highest BCUT2D eigenvalue weighted by atomic mass is 19.4. The number of hydrogen-bond donors (Lipinski definition) is 1. The number of ether oxygens (including phenoxy) is 1. The second-order valence-corrected chi connectivity index (χ2v) is 6.98. The van der Waals surface area contributed by atoms with Gasteiger partial charge in [-0.25, -0.2) is 4.79 Å². The average molecular weight is 461 g/mol. The first kappa shape index (κ1) is 21.7. The van der Waals surface area contributed by atoms with Crippen molar-refractivity contribution in [3.8, 4) is 0 Å². The normalized spacial score (nSPS) is 17.4. The molecule has 1 N–H and O–H groups in total. The smallest absolute Gasteiger partial charge is 0.430 e. The molecule has 0 saturated carbocycles. The number of hydrogen-bond acceptors (Lipinski definition) is 7. The number of carbonyl (C=O) groups excluding carboxylic acids is 2. The molecule has 0 unspecified atom stereocenters. The average Bonchev–Trinajstić information content (AvgIpc) is 3.06. The van der Waals surface area contributed by atoms with Crippen LogP contribution in [0.5, 0.6) is 0 Å². The molecule has 1 aliphatic heterocycles. The zero-order valence-electron chi connectivity index (χ0n) is 16.1. The highest BCUT2D eigenvalue weighted by Gasteiger charge is 2.69. The SMILES string of the molecule is O=C(O[C@@]1(C(F)(F)F)C(=O)Nc2c1ccc1ccccc21)c1cc([N+](=O)[O-])cc([N+](=O)[O-])c1. The van der Waals surface area contributed by atoms with E-state index in [1.54, 1.807) is 12.1 Å². The summed E-state index contributed by atoms with van der Waals surface area (Å²) in [6.07, 6.45) is -5.44. The minimum Gasteiger partial charge on any atom is -0.430 e. The third-order valence-electron chi connectivity index (χ3n) is 5.07. The first-order valence-corrected chi connectivity index (χ1v) is 9.03. The highest BCUT2D eigenvalue weighted by Crippen LogP contribution is 2.51. The number of rotatable bonds is 4. The number of nitro groups is 2. The third kappa shape index (κ3) is 3.30. The van der Waals surface area contributed by atoms with Gasteiger partial charge in [-0.05, 0) is 5.39 Å². The van der Waals surface area contributed by atoms with Crippen LogP contribution in [0.15, 0.2) is 54.6 Å². The Morgan fingerprint density at radius 3 is 2.15 bits per heavy atom. The van der Waals surface area contributed by atoms with Crippen LogP contribution >= 0.6 is 0 Å². The quantitative estimate of drug-likeness (QED) is 0.348. The Labute approximate surface area is 180 Å². The molecule has 1 atom stereocenters. The van der Waals surface area contributed by atoms with E-state index in [2.05, 4.69) is 10.1 Å². The molecule has 33 heavy (non-hydrogen) atoms. The summed E-state index contributed by atoms with van der Waals surface area (Å²) in [6, 6.07) is 10.1. The summed E-state index contributed by atoms with van der Waals surface area (Å²) in [5.41, 5.74) is -7.41. The Morgan fingerprint density at radius 1 is 0.970 bits per heavy atom. The lowest BCUT2D eigenvalue weighted by atomic mass is 9.92. The third-order valence-corrected chi connectivity index (χ3v) is 5.07. The van der Waals surface area contributed by atoms with E-state index in [1.807, 2.05) is 0 Å². The van der Waals surface area contributed by atoms with Crippen molar-refractivity contribution in [2.75, 3.05) is 5.32 Å². The molecule has 13 heteroatoms. The Balaban J connectivity index is 1.88. The van der Waals surface area contributed by atoms with Crippen molar-refractivity contribution in [1.82, 2.24) is 0 Å². The Bertz CT molecular complexity index is 1340. The van der Waals surface area contributed by atoms with Crippen LogP contribution < -0.4 is 5.32 Å². The second-order valence-electron chi connectivity index (χ2n) is 6.98. The van der Waals surface area contributed by atoms with Gasteiger partial charge in [-0.1, -0.05) is 36.4 Å². The number of nitrogens with one attached hydrogen (secondary N) is 1. The van der Waals surface area contributed by atoms with Gasteiger partial charge in [-0.3, -0.25) is 25.0 Å². The van der Waals surface area contributed by atoms with Crippen molar-refractivity contribution in [2.45, 2.75) is 11.8 Å². The molecule has 168 valence electrons. The van der Waals surface area contributed by atoms with Crippen LogP contribution in [-0.4, -0.2) is 27.9 Å². The molecule has 0 bridgehead atoms.